The fraction of sp³-hybridized carbons (Fsp3) is 0.944. The highest BCUT2D eigenvalue weighted by atomic mass is 16.6. The SMILES string of the molecule is CC(C)C[C@@H](O)[C@H]1[C@H](C2CCCCC2)N1C(=O)OC(C)(C)C. The molecule has 22 heavy (non-hydrogen) atoms. The predicted molar refractivity (Wildman–Crippen MR) is 87.7 cm³/mol. The number of hydrogen-bond donors (Lipinski definition) is 1. The Labute approximate surface area is 135 Å². The molecule has 0 aromatic rings. The molecule has 0 aromatic carbocycles. The first-order chi connectivity index (χ1) is 10.2. The van der Waals surface area contributed by atoms with Crippen molar-refractivity contribution in [3.8, 4) is 0 Å². The summed E-state index contributed by atoms with van der Waals surface area (Å²) in [6.07, 6.45) is 6.20. The average Bonchev–Trinajstić information content (AvgIpc) is 3.12. The molecule has 128 valence electrons. The van der Waals surface area contributed by atoms with Gasteiger partial charge in [-0.2, -0.15) is 0 Å². The second-order valence-electron chi connectivity index (χ2n) is 8.46. The molecule has 2 fully saturated rings. The lowest BCUT2D eigenvalue weighted by Gasteiger charge is -2.23. The van der Waals surface area contributed by atoms with Gasteiger partial charge in [0.1, 0.15) is 5.60 Å². The van der Waals surface area contributed by atoms with Crippen LogP contribution in [0.4, 0.5) is 4.79 Å². The molecule has 1 N–H and O–H groups in total. The minimum Gasteiger partial charge on any atom is -0.444 e. The Balaban J connectivity index is 2.04. The Morgan fingerprint density at radius 2 is 1.82 bits per heavy atom. The zero-order valence-corrected chi connectivity index (χ0v) is 14.8. The number of aliphatic hydroxyl groups is 1. The van der Waals surface area contributed by atoms with Crippen LogP contribution in [0.3, 0.4) is 0 Å². The van der Waals surface area contributed by atoms with E-state index in [0.29, 0.717) is 11.8 Å². The van der Waals surface area contributed by atoms with Crippen LogP contribution in [0.15, 0.2) is 0 Å². The Kier molecular flexibility index (Phi) is 5.41. The van der Waals surface area contributed by atoms with Crippen LogP contribution in [-0.2, 0) is 4.74 Å². The summed E-state index contributed by atoms with van der Waals surface area (Å²) in [6, 6.07) is 0.143. The van der Waals surface area contributed by atoms with Gasteiger partial charge in [0.15, 0.2) is 0 Å². The van der Waals surface area contributed by atoms with Crippen LogP contribution in [0.1, 0.15) is 73.1 Å². The fourth-order valence-corrected chi connectivity index (χ4v) is 3.84. The molecule has 1 heterocycles. The molecule has 0 unspecified atom stereocenters. The van der Waals surface area contributed by atoms with Crippen LogP contribution < -0.4 is 0 Å². The monoisotopic (exact) mass is 311 g/mol. The van der Waals surface area contributed by atoms with E-state index >= 15 is 0 Å². The van der Waals surface area contributed by atoms with Crippen molar-refractivity contribution in [2.24, 2.45) is 11.8 Å². The van der Waals surface area contributed by atoms with Gasteiger partial charge in [-0.3, -0.25) is 4.90 Å². The van der Waals surface area contributed by atoms with Crippen molar-refractivity contribution in [1.29, 1.82) is 0 Å². The van der Waals surface area contributed by atoms with Crippen molar-refractivity contribution in [2.45, 2.75) is 96.9 Å². The van der Waals surface area contributed by atoms with Crippen LogP contribution in [-0.4, -0.2) is 39.9 Å². The zero-order chi connectivity index (χ0) is 16.5. The second-order valence-corrected chi connectivity index (χ2v) is 8.46. The molecule has 4 heteroatoms. The van der Waals surface area contributed by atoms with E-state index in [-0.39, 0.29) is 18.2 Å². The van der Waals surface area contributed by atoms with Crippen molar-refractivity contribution >= 4 is 6.09 Å². The summed E-state index contributed by atoms with van der Waals surface area (Å²) in [5, 5.41) is 10.5. The van der Waals surface area contributed by atoms with E-state index in [1.807, 2.05) is 25.7 Å². The summed E-state index contributed by atoms with van der Waals surface area (Å²) >= 11 is 0. The highest BCUT2D eigenvalue weighted by Gasteiger charge is 2.58. The smallest absolute Gasteiger partial charge is 0.411 e. The topological polar surface area (TPSA) is 49.5 Å². The molecule has 4 nitrogen and oxygen atoms in total. The molecule has 2 aliphatic rings. The van der Waals surface area contributed by atoms with Gasteiger partial charge >= 0.3 is 6.09 Å². The maximum absolute atomic E-state index is 12.5. The summed E-state index contributed by atoms with van der Waals surface area (Å²) in [6.45, 7) is 9.90. The first-order valence-corrected chi connectivity index (χ1v) is 8.90. The number of rotatable bonds is 4. The molecule has 0 aromatic heterocycles. The summed E-state index contributed by atoms with van der Waals surface area (Å²) in [7, 11) is 0. The zero-order valence-electron chi connectivity index (χ0n) is 14.8. The lowest BCUT2D eigenvalue weighted by Crippen LogP contribution is -2.30. The van der Waals surface area contributed by atoms with Crippen LogP contribution in [0.5, 0.6) is 0 Å². The fourth-order valence-electron chi connectivity index (χ4n) is 3.84. The van der Waals surface area contributed by atoms with Crippen LogP contribution >= 0.6 is 0 Å². The van der Waals surface area contributed by atoms with Crippen molar-refractivity contribution in [3.05, 3.63) is 0 Å². The van der Waals surface area contributed by atoms with Gasteiger partial charge in [0, 0.05) is 0 Å². The molecule has 0 radical (unpaired) electrons. The average molecular weight is 311 g/mol. The van der Waals surface area contributed by atoms with E-state index in [1.165, 1.54) is 32.1 Å². The minimum atomic E-state index is -0.482. The van der Waals surface area contributed by atoms with E-state index in [4.69, 9.17) is 4.74 Å². The van der Waals surface area contributed by atoms with Crippen molar-refractivity contribution in [1.82, 2.24) is 4.90 Å². The number of carbonyl (C=O) groups excluding carboxylic acids is 1. The van der Waals surface area contributed by atoms with E-state index in [2.05, 4.69) is 13.8 Å². The predicted octanol–water partition coefficient (Wildman–Crippen LogP) is 3.96. The Morgan fingerprint density at radius 3 is 2.32 bits per heavy atom. The summed E-state index contributed by atoms with van der Waals surface area (Å²) in [5.74, 6) is 0.969. The van der Waals surface area contributed by atoms with E-state index in [1.54, 1.807) is 0 Å². The quantitative estimate of drug-likeness (QED) is 0.799. The lowest BCUT2D eigenvalue weighted by atomic mass is 9.84. The van der Waals surface area contributed by atoms with Crippen molar-refractivity contribution in [2.75, 3.05) is 0 Å². The van der Waals surface area contributed by atoms with Gasteiger partial charge in [0.2, 0.25) is 0 Å². The van der Waals surface area contributed by atoms with Crippen molar-refractivity contribution in [3.63, 3.8) is 0 Å². The standard InChI is InChI=1S/C18H33NO3/c1-12(2)11-14(20)16-15(13-9-7-6-8-10-13)19(16)17(21)22-18(3,4)5/h12-16,20H,6-11H2,1-5H3/t14-,15+,16+,19?/m1/s1. The number of aliphatic hydroxyl groups excluding tert-OH is 1. The van der Waals surface area contributed by atoms with Gasteiger partial charge < -0.3 is 9.84 Å². The first kappa shape index (κ1) is 17.6. The normalized spacial score (nSPS) is 27.9. The van der Waals surface area contributed by atoms with Crippen LogP contribution in [0.25, 0.3) is 0 Å². The van der Waals surface area contributed by atoms with Gasteiger partial charge in [0.25, 0.3) is 0 Å². The maximum Gasteiger partial charge on any atom is 0.411 e. The molecule has 0 spiro atoms. The molecular weight excluding hydrogens is 278 g/mol. The summed E-state index contributed by atoms with van der Waals surface area (Å²) in [5.41, 5.74) is -0.482. The molecule has 1 saturated carbocycles. The Morgan fingerprint density at radius 1 is 1.23 bits per heavy atom. The highest BCUT2D eigenvalue weighted by Crippen LogP contribution is 2.44. The number of amides is 1. The van der Waals surface area contributed by atoms with Crippen LogP contribution in [0.2, 0.25) is 0 Å². The summed E-state index contributed by atoms with van der Waals surface area (Å²) < 4.78 is 5.54. The van der Waals surface area contributed by atoms with Crippen molar-refractivity contribution < 1.29 is 14.6 Å². The molecule has 3 atom stereocenters. The van der Waals surface area contributed by atoms with Gasteiger partial charge in [-0.15, -0.1) is 0 Å². The molecular formula is C18H33NO3. The maximum atomic E-state index is 12.5. The molecule has 1 saturated heterocycles. The molecule has 1 aliphatic heterocycles. The molecule has 1 amide bonds. The third-order valence-corrected chi connectivity index (χ3v) is 4.75. The Bertz CT molecular complexity index is 382. The number of nitrogens with zero attached hydrogens (tertiary/aromatic N) is 1. The minimum absolute atomic E-state index is 0.0413. The third-order valence-electron chi connectivity index (χ3n) is 4.75. The number of hydrogen-bond acceptors (Lipinski definition) is 3. The second kappa shape index (κ2) is 6.77. The van der Waals surface area contributed by atoms with E-state index < -0.39 is 11.7 Å². The third kappa shape index (κ3) is 4.37. The van der Waals surface area contributed by atoms with Gasteiger partial charge in [-0.1, -0.05) is 33.1 Å². The molecule has 0 bridgehead atoms. The molecule has 1 aliphatic carbocycles. The first-order valence-electron chi connectivity index (χ1n) is 8.90. The van der Waals surface area contributed by atoms with E-state index in [0.717, 1.165) is 6.42 Å². The largest absolute Gasteiger partial charge is 0.444 e. The van der Waals surface area contributed by atoms with E-state index in [9.17, 15) is 9.90 Å². The summed E-state index contributed by atoms with van der Waals surface area (Å²) in [4.78, 5) is 14.3. The van der Waals surface area contributed by atoms with Gasteiger partial charge in [0.05, 0.1) is 18.2 Å². The Hall–Kier alpha value is -0.770. The van der Waals surface area contributed by atoms with Gasteiger partial charge in [-0.05, 0) is 51.9 Å². The number of carbonyl (C=O) groups is 1. The van der Waals surface area contributed by atoms with Crippen LogP contribution in [0, 0.1) is 11.8 Å². The lowest BCUT2D eigenvalue weighted by molar-refractivity contribution is 0.0339. The highest BCUT2D eigenvalue weighted by molar-refractivity contribution is 5.73. The molecule has 2 rings (SSSR count). The van der Waals surface area contributed by atoms with Gasteiger partial charge in [-0.25, -0.2) is 4.79 Å². The number of ether oxygens (including phenoxy) is 1.